The van der Waals surface area contributed by atoms with Crippen LogP contribution < -0.4 is 16.0 Å². The van der Waals surface area contributed by atoms with E-state index in [0.717, 1.165) is 0 Å². The van der Waals surface area contributed by atoms with Crippen LogP contribution in [0, 0.1) is 11.2 Å². The first-order chi connectivity index (χ1) is 17.9. The van der Waals surface area contributed by atoms with Crippen LogP contribution in [0.1, 0.15) is 69.9 Å². The number of anilines is 1. The lowest BCUT2D eigenvalue weighted by molar-refractivity contribution is -0.124. The zero-order chi connectivity index (χ0) is 27.4. The number of rotatable bonds is 4. The first kappa shape index (κ1) is 27.4. The summed E-state index contributed by atoms with van der Waals surface area (Å²) in [6.45, 7) is 6.23. The Hall–Kier alpha value is -2.19. The Bertz CT molecular complexity index is 1260. The first-order valence-corrected chi connectivity index (χ1v) is 14.0. The second-order valence-electron chi connectivity index (χ2n) is 12.1. The Morgan fingerprint density at radius 3 is 2.55 bits per heavy atom. The third-order valence-electron chi connectivity index (χ3n) is 8.26. The second-order valence-corrected chi connectivity index (χ2v) is 13.0. The molecule has 4 atom stereocenters. The number of hydrogen-bond acceptors (Lipinski definition) is 4. The van der Waals surface area contributed by atoms with Crippen molar-refractivity contribution in [3.63, 3.8) is 0 Å². The second kappa shape index (κ2) is 10.1. The Morgan fingerprint density at radius 2 is 1.87 bits per heavy atom. The predicted octanol–water partition coefficient (Wildman–Crippen LogP) is 5.30. The summed E-state index contributed by atoms with van der Waals surface area (Å²) in [5.74, 6) is -2.09. The quantitative estimate of drug-likeness (QED) is 0.407. The summed E-state index contributed by atoms with van der Waals surface area (Å²) in [5, 5.41) is 19.9. The van der Waals surface area contributed by atoms with Gasteiger partial charge in [-0.25, -0.2) is 4.39 Å². The molecule has 1 spiro atoms. The van der Waals surface area contributed by atoms with Crippen LogP contribution in [0.4, 0.5) is 10.1 Å². The number of aliphatic hydroxyl groups is 1. The average molecular weight is 563 g/mol. The van der Waals surface area contributed by atoms with Gasteiger partial charge >= 0.3 is 0 Å². The Kier molecular flexibility index (Phi) is 7.27. The topological polar surface area (TPSA) is 90.5 Å². The zero-order valence-corrected chi connectivity index (χ0v) is 23.3. The fraction of sp³-hybridized carbons (Fsp3) is 0.517. The van der Waals surface area contributed by atoms with Gasteiger partial charge in [-0.05, 0) is 66.8 Å². The summed E-state index contributed by atoms with van der Waals surface area (Å²) < 4.78 is 15.8. The van der Waals surface area contributed by atoms with Crippen LogP contribution in [0.5, 0.6) is 0 Å². The van der Waals surface area contributed by atoms with Gasteiger partial charge in [0.1, 0.15) is 11.2 Å². The minimum Gasteiger partial charge on any atom is -0.393 e. The number of benzene rings is 2. The van der Waals surface area contributed by atoms with Gasteiger partial charge in [0.2, 0.25) is 11.8 Å². The highest BCUT2D eigenvalue weighted by Gasteiger charge is 2.66. The number of aliphatic hydroxyl groups excluding tert-OH is 1. The molecule has 2 fully saturated rings. The molecule has 0 aromatic heterocycles. The molecule has 0 radical (unpaired) electrons. The van der Waals surface area contributed by atoms with Crippen LogP contribution >= 0.6 is 23.2 Å². The number of carbonyl (C=O) groups excluding carboxylic acids is 2. The predicted molar refractivity (Wildman–Crippen MR) is 147 cm³/mol. The summed E-state index contributed by atoms with van der Waals surface area (Å²) in [6, 6.07) is 8.50. The minimum absolute atomic E-state index is 0.0629. The van der Waals surface area contributed by atoms with Gasteiger partial charge in [0.05, 0.1) is 17.2 Å². The molecule has 2 amide bonds. The normalized spacial score (nSPS) is 30.8. The van der Waals surface area contributed by atoms with Crippen molar-refractivity contribution in [2.75, 3.05) is 5.32 Å². The third kappa shape index (κ3) is 4.72. The lowest BCUT2D eigenvalue weighted by atomic mass is 9.62. The van der Waals surface area contributed by atoms with E-state index in [1.807, 2.05) is 6.07 Å². The molecule has 1 saturated heterocycles. The Labute approximate surface area is 232 Å². The number of fused-ring (bicyclic) bond motifs is 2. The molecule has 0 bridgehead atoms. The van der Waals surface area contributed by atoms with E-state index in [1.54, 1.807) is 24.3 Å². The van der Waals surface area contributed by atoms with Crippen LogP contribution in [0.15, 0.2) is 36.4 Å². The van der Waals surface area contributed by atoms with Gasteiger partial charge in [0, 0.05) is 28.7 Å². The van der Waals surface area contributed by atoms with Gasteiger partial charge in [0.25, 0.3) is 0 Å². The standard InChI is InChI=1S/C29H34Cl2FN3O3/c1-28(2,3)14-22-29(19-12-7-15(30)13-21(19)34-27(29)38)23(18-5-4-6-20(31)24(18)32)25(35-22)26(37)33-16-8-10-17(36)11-9-16/h4-7,12-13,16-17,22-23,25,35-36H,8-11,14H2,1-3H3,(H,33,37)(H,34,38)/t16?,17?,22-,23?,25?,29+/m0/s1. The van der Waals surface area contributed by atoms with Crippen molar-refractivity contribution in [3.8, 4) is 0 Å². The molecule has 2 aromatic carbocycles. The third-order valence-corrected chi connectivity index (χ3v) is 8.79. The molecule has 4 N–H and O–H groups in total. The van der Waals surface area contributed by atoms with Crippen molar-refractivity contribution in [2.24, 2.45) is 5.41 Å². The van der Waals surface area contributed by atoms with Crippen molar-refractivity contribution in [2.45, 2.75) is 88.4 Å². The van der Waals surface area contributed by atoms with E-state index >= 15 is 4.39 Å². The molecule has 38 heavy (non-hydrogen) atoms. The Morgan fingerprint density at radius 1 is 1.16 bits per heavy atom. The maximum atomic E-state index is 15.8. The molecule has 9 heteroatoms. The van der Waals surface area contributed by atoms with Gasteiger partial charge in [-0.3, -0.25) is 9.59 Å². The summed E-state index contributed by atoms with van der Waals surface area (Å²) >= 11 is 12.5. The van der Waals surface area contributed by atoms with Crippen LogP contribution in [0.2, 0.25) is 10.0 Å². The highest BCUT2D eigenvalue weighted by molar-refractivity contribution is 6.31. The summed E-state index contributed by atoms with van der Waals surface area (Å²) in [5.41, 5.74) is -0.00278. The number of hydrogen-bond donors (Lipinski definition) is 4. The minimum atomic E-state index is -1.27. The molecule has 1 saturated carbocycles. The highest BCUT2D eigenvalue weighted by atomic mass is 35.5. The van der Waals surface area contributed by atoms with Gasteiger partial charge < -0.3 is 21.1 Å². The van der Waals surface area contributed by atoms with Gasteiger partial charge in [-0.2, -0.15) is 0 Å². The van der Waals surface area contributed by atoms with Gasteiger partial charge in [0.15, 0.2) is 0 Å². The van der Waals surface area contributed by atoms with E-state index in [2.05, 4.69) is 36.7 Å². The number of halogens is 3. The molecule has 2 unspecified atom stereocenters. The smallest absolute Gasteiger partial charge is 0.238 e. The van der Waals surface area contributed by atoms with E-state index in [-0.39, 0.29) is 40.0 Å². The summed E-state index contributed by atoms with van der Waals surface area (Å²) in [7, 11) is 0. The van der Waals surface area contributed by atoms with E-state index in [0.29, 0.717) is 48.4 Å². The highest BCUT2D eigenvalue weighted by Crippen LogP contribution is 2.57. The lowest BCUT2D eigenvalue weighted by Gasteiger charge is -2.38. The van der Waals surface area contributed by atoms with Crippen LogP contribution in [-0.2, 0) is 15.0 Å². The molecule has 204 valence electrons. The Balaban J connectivity index is 1.67. The van der Waals surface area contributed by atoms with Crippen LogP contribution in [0.25, 0.3) is 0 Å². The van der Waals surface area contributed by atoms with Crippen LogP contribution in [-0.4, -0.2) is 41.2 Å². The van der Waals surface area contributed by atoms with Crippen molar-refractivity contribution in [1.82, 2.24) is 10.6 Å². The molecular formula is C29H34Cl2FN3O3. The van der Waals surface area contributed by atoms with E-state index in [1.165, 1.54) is 6.07 Å². The molecular weight excluding hydrogens is 528 g/mol. The molecule has 6 nitrogen and oxygen atoms in total. The van der Waals surface area contributed by atoms with Crippen molar-refractivity contribution < 1.29 is 19.1 Å². The van der Waals surface area contributed by atoms with Crippen molar-refractivity contribution in [3.05, 3.63) is 63.4 Å². The SMILES string of the molecule is CC(C)(C)C[C@@H]1NC(C(=O)NC2CCC(O)CC2)C(c2cccc(Cl)c2F)[C@]12C(=O)Nc1cc(Cl)ccc12. The monoisotopic (exact) mass is 561 g/mol. The lowest BCUT2D eigenvalue weighted by Crippen LogP contribution is -2.50. The fourth-order valence-electron chi connectivity index (χ4n) is 6.66. The van der Waals surface area contributed by atoms with Gasteiger partial charge in [-0.15, -0.1) is 0 Å². The molecule has 2 aliphatic heterocycles. The zero-order valence-electron chi connectivity index (χ0n) is 21.8. The number of nitrogens with one attached hydrogen (secondary N) is 3. The average Bonchev–Trinajstić information content (AvgIpc) is 3.31. The first-order valence-electron chi connectivity index (χ1n) is 13.2. The van der Waals surface area contributed by atoms with E-state index < -0.39 is 29.2 Å². The molecule has 3 aliphatic rings. The maximum Gasteiger partial charge on any atom is 0.238 e. The maximum absolute atomic E-state index is 15.8. The van der Waals surface area contributed by atoms with E-state index in [4.69, 9.17) is 23.2 Å². The largest absolute Gasteiger partial charge is 0.393 e. The van der Waals surface area contributed by atoms with Crippen molar-refractivity contribution in [1.29, 1.82) is 0 Å². The molecule has 2 aromatic rings. The summed E-state index contributed by atoms with van der Waals surface area (Å²) in [4.78, 5) is 28.1. The van der Waals surface area contributed by atoms with Gasteiger partial charge in [-0.1, -0.05) is 62.2 Å². The summed E-state index contributed by atoms with van der Waals surface area (Å²) in [6.07, 6.45) is 2.75. The van der Waals surface area contributed by atoms with Crippen molar-refractivity contribution >= 4 is 40.7 Å². The van der Waals surface area contributed by atoms with E-state index in [9.17, 15) is 14.7 Å². The molecule has 5 rings (SSSR count). The van der Waals surface area contributed by atoms with Crippen LogP contribution in [0.3, 0.4) is 0 Å². The molecule has 2 heterocycles. The number of amides is 2. The molecule has 1 aliphatic carbocycles. The number of carbonyl (C=O) groups is 2. The fourth-order valence-corrected chi connectivity index (χ4v) is 7.02.